The Kier molecular flexibility index (Phi) is 4.36. The smallest absolute Gasteiger partial charge is 0.162 e. The van der Waals surface area contributed by atoms with Crippen LogP contribution in [-0.2, 0) is 13.1 Å². The molecule has 0 saturated heterocycles. The van der Waals surface area contributed by atoms with Gasteiger partial charge in [-0.25, -0.2) is 0 Å². The molecule has 0 aliphatic heterocycles. The van der Waals surface area contributed by atoms with Crippen LogP contribution in [0.25, 0.3) is 0 Å². The molecule has 100 valence electrons. The summed E-state index contributed by atoms with van der Waals surface area (Å²) in [6, 6.07) is 7.47. The number of aromatic nitrogens is 1. The fourth-order valence-electron chi connectivity index (χ4n) is 1.89. The Hall–Kier alpha value is -2.07. The Labute approximate surface area is 113 Å². The standard InChI is InChI=1S/C15H18N2O2/c1-11-6-7-16-9-13(11)10-17-8-12-4-3-5-14(19-2)15(12)18/h3-7,9,17-18H,8,10H2,1-2H3. The summed E-state index contributed by atoms with van der Waals surface area (Å²) < 4.78 is 5.08. The zero-order valence-corrected chi connectivity index (χ0v) is 11.2. The number of ether oxygens (including phenoxy) is 1. The van der Waals surface area contributed by atoms with Gasteiger partial charge in [-0.05, 0) is 30.2 Å². The van der Waals surface area contributed by atoms with E-state index in [9.17, 15) is 5.11 Å². The average Bonchev–Trinajstić information content (AvgIpc) is 2.43. The lowest BCUT2D eigenvalue weighted by Gasteiger charge is -2.10. The van der Waals surface area contributed by atoms with Crippen LogP contribution in [0.1, 0.15) is 16.7 Å². The van der Waals surface area contributed by atoms with E-state index >= 15 is 0 Å². The molecule has 2 rings (SSSR count). The summed E-state index contributed by atoms with van der Waals surface area (Å²) in [5.74, 6) is 0.692. The summed E-state index contributed by atoms with van der Waals surface area (Å²) in [6.45, 7) is 3.36. The molecule has 0 spiro atoms. The summed E-state index contributed by atoms with van der Waals surface area (Å²) in [7, 11) is 1.55. The number of pyridine rings is 1. The van der Waals surface area contributed by atoms with Crippen molar-refractivity contribution < 1.29 is 9.84 Å². The third-order valence-corrected chi connectivity index (χ3v) is 3.08. The first kappa shape index (κ1) is 13.4. The van der Waals surface area contributed by atoms with Gasteiger partial charge in [0, 0.05) is 31.0 Å². The SMILES string of the molecule is COc1cccc(CNCc2cnccc2C)c1O. The minimum Gasteiger partial charge on any atom is -0.504 e. The highest BCUT2D eigenvalue weighted by Crippen LogP contribution is 2.29. The van der Waals surface area contributed by atoms with Crippen molar-refractivity contribution in [3.8, 4) is 11.5 Å². The summed E-state index contributed by atoms with van der Waals surface area (Å²) in [5.41, 5.74) is 3.18. The molecular weight excluding hydrogens is 240 g/mol. The van der Waals surface area contributed by atoms with Gasteiger partial charge in [0.25, 0.3) is 0 Å². The Morgan fingerprint density at radius 1 is 1.21 bits per heavy atom. The molecular formula is C15H18N2O2. The molecule has 4 nitrogen and oxygen atoms in total. The molecule has 0 fully saturated rings. The van der Waals surface area contributed by atoms with Crippen LogP contribution in [-0.4, -0.2) is 17.2 Å². The molecule has 0 aliphatic rings. The Bertz CT molecular complexity index is 556. The lowest BCUT2D eigenvalue weighted by atomic mass is 10.1. The van der Waals surface area contributed by atoms with Crippen LogP contribution < -0.4 is 10.1 Å². The Balaban J connectivity index is 1.98. The van der Waals surface area contributed by atoms with E-state index in [1.165, 1.54) is 5.56 Å². The maximum atomic E-state index is 9.96. The third kappa shape index (κ3) is 3.23. The molecule has 1 heterocycles. The van der Waals surface area contributed by atoms with Crippen LogP contribution in [0.4, 0.5) is 0 Å². The topological polar surface area (TPSA) is 54.4 Å². The van der Waals surface area contributed by atoms with Gasteiger partial charge in [0.2, 0.25) is 0 Å². The molecule has 0 bridgehead atoms. The normalized spacial score (nSPS) is 10.4. The molecule has 0 radical (unpaired) electrons. The van der Waals surface area contributed by atoms with Crippen molar-refractivity contribution in [2.45, 2.75) is 20.0 Å². The maximum absolute atomic E-state index is 9.96. The molecule has 1 aromatic heterocycles. The molecule has 0 unspecified atom stereocenters. The monoisotopic (exact) mass is 258 g/mol. The number of benzene rings is 1. The van der Waals surface area contributed by atoms with Gasteiger partial charge in [-0.2, -0.15) is 0 Å². The molecule has 0 atom stereocenters. The van der Waals surface area contributed by atoms with Gasteiger partial charge >= 0.3 is 0 Å². The third-order valence-electron chi connectivity index (χ3n) is 3.08. The largest absolute Gasteiger partial charge is 0.504 e. The van der Waals surface area contributed by atoms with Crippen molar-refractivity contribution in [3.05, 3.63) is 53.3 Å². The van der Waals surface area contributed by atoms with E-state index in [1.807, 2.05) is 24.4 Å². The first-order valence-corrected chi connectivity index (χ1v) is 6.17. The second kappa shape index (κ2) is 6.20. The zero-order valence-electron chi connectivity index (χ0n) is 11.2. The number of hydrogen-bond donors (Lipinski definition) is 2. The number of rotatable bonds is 5. The van der Waals surface area contributed by atoms with E-state index < -0.39 is 0 Å². The molecule has 1 aromatic carbocycles. The minimum atomic E-state index is 0.195. The average molecular weight is 258 g/mol. The van der Waals surface area contributed by atoms with Crippen LogP contribution in [0.5, 0.6) is 11.5 Å². The van der Waals surface area contributed by atoms with Gasteiger partial charge in [0.15, 0.2) is 11.5 Å². The summed E-state index contributed by atoms with van der Waals surface area (Å²) in [4.78, 5) is 4.11. The number of methoxy groups -OCH3 is 1. The quantitative estimate of drug-likeness (QED) is 0.864. The second-order valence-corrected chi connectivity index (χ2v) is 4.37. The summed E-state index contributed by atoms with van der Waals surface area (Å²) in [5, 5.41) is 13.3. The first-order chi connectivity index (χ1) is 9.22. The first-order valence-electron chi connectivity index (χ1n) is 6.17. The zero-order chi connectivity index (χ0) is 13.7. The van der Waals surface area contributed by atoms with E-state index in [0.717, 1.165) is 17.7 Å². The second-order valence-electron chi connectivity index (χ2n) is 4.37. The molecule has 0 saturated carbocycles. The number of phenols is 1. The Morgan fingerprint density at radius 3 is 2.74 bits per heavy atom. The molecule has 2 aromatic rings. The minimum absolute atomic E-state index is 0.195. The number of para-hydroxylation sites is 1. The van der Waals surface area contributed by atoms with Gasteiger partial charge in [0.1, 0.15) is 0 Å². The van der Waals surface area contributed by atoms with Crippen LogP contribution in [0.15, 0.2) is 36.7 Å². The van der Waals surface area contributed by atoms with Gasteiger partial charge in [-0.3, -0.25) is 4.98 Å². The highest BCUT2D eigenvalue weighted by Gasteiger charge is 2.06. The fraction of sp³-hybridized carbons (Fsp3) is 0.267. The van der Waals surface area contributed by atoms with E-state index in [1.54, 1.807) is 19.4 Å². The number of hydrogen-bond acceptors (Lipinski definition) is 4. The molecule has 2 N–H and O–H groups in total. The van der Waals surface area contributed by atoms with Gasteiger partial charge in [-0.15, -0.1) is 0 Å². The van der Waals surface area contributed by atoms with Crippen molar-refractivity contribution in [2.24, 2.45) is 0 Å². The van der Waals surface area contributed by atoms with Crippen molar-refractivity contribution in [2.75, 3.05) is 7.11 Å². The number of nitrogens with zero attached hydrogens (tertiary/aromatic N) is 1. The lowest BCUT2D eigenvalue weighted by Crippen LogP contribution is -2.13. The number of aromatic hydroxyl groups is 1. The predicted octanol–water partition coefficient (Wildman–Crippen LogP) is 2.39. The maximum Gasteiger partial charge on any atom is 0.162 e. The van der Waals surface area contributed by atoms with Crippen molar-refractivity contribution in [1.29, 1.82) is 0 Å². The lowest BCUT2D eigenvalue weighted by molar-refractivity contribution is 0.369. The number of aryl methyl sites for hydroxylation is 1. The molecule has 0 aliphatic carbocycles. The van der Waals surface area contributed by atoms with Crippen molar-refractivity contribution in [1.82, 2.24) is 10.3 Å². The van der Waals surface area contributed by atoms with E-state index in [0.29, 0.717) is 12.3 Å². The van der Waals surface area contributed by atoms with Crippen molar-refractivity contribution in [3.63, 3.8) is 0 Å². The molecule has 0 amide bonds. The van der Waals surface area contributed by atoms with Crippen LogP contribution in [0.2, 0.25) is 0 Å². The number of nitrogens with one attached hydrogen (secondary N) is 1. The highest BCUT2D eigenvalue weighted by molar-refractivity contribution is 5.45. The van der Waals surface area contributed by atoms with Gasteiger partial charge in [0.05, 0.1) is 7.11 Å². The van der Waals surface area contributed by atoms with E-state index in [4.69, 9.17) is 4.74 Å². The summed E-state index contributed by atoms with van der Waals surface area (Å²) in [6.07, 6.45) is 3.64. The van der Waals surface area contributed by atoms with E-state index in [-0.39, 0.29) is 5.75 Å². The molecule has 19 heavy (non-hydrogen) atoms. The Morgan fingerprint density at radius 2 is 2.00 bits per heavy atom. The van der Waals surface area contributed by atoms with E-state index in [2.05, 4.69) is 17.2 Å². The van der Waals surface area contributed by atoms with Crippen LogP contribution in [0, 0.1) is 6.92 Å². The van der Waals surface area contributed by atoms with Crippen LogP contribution in [0.3, 0.4) is 0 Å². The highest BCUT2D eigenvalue weighted by atomic mass is 16.5. The number of phenolic OH excluding ortho intramolecular Hbond substituents is 1. The predicted molar refractivity (Wildman–Crippen MR) is 74.2 cm³/mol. The van der Waals surface area contributed by atoms with Crippen LogP contribution >= 0.6 is 0 Å². The van der Waals surface area contributed by atoms with Gasteiger partial charge in [-0.1, -0.05) is 12.1 Å². The molecule has 4 heteroatoms. The van der Waals surface area contributed by atoms with Gasteiger partial charge < -0.3 is 15.2 Å². The van der Waals surface area contributed by atoms with Crippen molar-refractivity contribution >= 4 is 0 Å². The fourth-order valence-corrected chi connectivity index (χ4v) is 1.89. The summed E-state index contributed by atoms with van der Waals surface area (Å²) >= 11 is 0.